The largest absolute Gasteiger partial charge is 0.371 e. The van der Waals surface area contributed by atoms with Crippen molar-refractivity contribution in [2.45, 2.75) is 32.2 Å². The van der Waals surface area contributed by atoms with Crippen molar-refractivity contribution in [2.24, 2.45) is 5.73 Å². The molecule has 0 radical (unpaired) electrons. The number of nitrogens with two attached hydrogens (primary N) is 1. The van der Waals surface area contributed by atoms with Crippen LogP contribution in [0.1, 0.15) is 30.6 Å². The van der Waals surface area contributed by atoms with Crippen LogP contribution in [0.25, 0.3) is 0 Å². The topological polar surface area (TPSA) is 67.5 Å². The van der Waals surface area contributed by atoms with Gasteiger partial charge >= 0.3 is 0 Å². The highest BCUT2D eigenvalue weighted by Crippen LogP contribution is 2.32. The van der Waals surface area contributed by atoms with Gasteiger partial charge in [-0.3, -0.25) is 0 Å². The summed E-state index contributed by atoms with van der Waals surface area (Å²) < 4.78 is 5.64. The molecule has 0 bridgehead atoms. The molecule has 0 aliphatic carbocycles. The molecule has 0 amide bonds. The van der Waals surface area contributed by atoms with Gasteiger partial charge in [0.1, 0.15) is 6.23 Å². The molecular formula is C12H18N2O2. The van der Waals surface area contributed by atoms with Gasteiger partial charge in [0.2, 0.25) is 0 Å². The minimum absolute atomic E-state index is 0.0335. The summed E-state index contributed by atoms with van der Waals surface area (Å²) >= 11 is 0. The molecule has 4 N–H and O–H groups in total. The van der Waals surface area contributed by atoms with E-state index in [9.17, 15) is 5.11 Å². The third-order valence-electron chi connectivity index (χ3n) is 2.85. The Kier molecular flexibility index (Phi) is 3.43. The number of aliphatic hydroxyl groups is 1. The van der Waals surface area contributed by atoms with Crippen molar-refractivity contribution in [3.05, 3.63) is 29.3 Å². The van der Waals surface area contributed by atoms with Crippen LogP contribution in [-0.2, 0) is 11.3 Å². The summed E-state index contributed by atoms with van der Waals surface area (Å²) in [6, 6.07) is 5.98. The first-order valence-electron chi connectivity index (χ1n) is 5.63. The number of aliphatic hydroxyl groups excluding tert-OH is 1. The minimum atomic E-state index is -0.640. The van der Waals surface area contributed by atoms with E-state index in [1.165, 1.54) is 0 Å². The van der Waals surface area contributed by atoms with Crippen molar-refractivity contribution in [3.63, 3.8) is 0 Å². The molecule has 2 unspecified atom stereocenters. The molecule has 0 fully saturated rings. The number of ether oxygens (including phenoxy) is 1. The fraction of sp³-hybridized carbons (Fsp3) is 0.500. The molecule has 0 saturated carbocycles. The average molecular weight is 222 g/mol. The van der Waals surface area contributed by atoms with Gasteiger partial charge in [-0.25, -0.2) is 0 Å². The second-order valence-corrected chi connectivity index (χ2v) is 4.02. The van der Waals surface area contributed by atoms with Crippen LogP contribution in [0.15, 0.2) is 18.2 Å². The summed E-state index contributed by atoms with van der Waals surface area (Å²) in [5.41, 5.74) is 8.73. The van der Waals surface area contributed by atoms with Crippen LogP contribution in [0.2, 0.25) is 0 Å². The Morgan fingerprint density at radius 2 is 2.38 bits per heavy atom. The van der Waals surface area contributed by atoms with Crippen LogP contribution in [0.5, 0.6) is 0 Å². The molecule has 16 heavy (non-hydrogen) atoms. The lowest BCUT2D eigenvalue weighted by Crippen LogP contribution is -2.22. The zero-order valence-corrected chi connectivity index (χ0v) is 9.44. The fourth-order valence-corrected chi connectivity index (χ4v) is 1.99. The van der Waals surface area contributed by atoms with E-state index < -0.39 is 6.23 Å². The van der Waals surface area contributed by atoms with Gasteiger partial charge in [-0.2, -0.15) is 0 Å². The van der Waals surface area contributed by atoms with E-state index in [2.05, 4.69) is 18.3 Å². The van der Waals surface area contributed by atoms with E-state index in [0.717, 1.165) is 23.2 Å². The van der Waals surface area contributed by atoms with Gasteiger partial charge in [-0.15, -0.1) is 0 Å². The minimum Gasteiger partial charge on any atom is -0.371 e. The maximum absolute atomic E-state index is 9.61. The summed E-state index contributed by atoms with van der Waals surface area (Å²) in [5, 5.41) is 12.6. The van der Waals surface area contributed by atoms with Gasteiger partial charge in [0.15, 0.2) is 0 Å². The molecule has 1 aromatic carbocycles. The first-order chi connectivity index (χ1) is 7.74. The normalized spacial score (nSPS) is 24.4. The van der Waals surface area contributed by atoms with E-state index in [0.29, 0.717) is 13.2 Å². The van der Waals surface area contributed by atoms with Gasteiger partial charge in [0.05, 0.1) is 12.7 Å². The SMILES string of the molecule is CCC1OCC(O)Nc2ccc(CN)cc21. The second-order valence-electron chi connectivity index (χ2n) is 4.02. The molecule has 2 atom stereocenters. The number of hydrogen-bond acceptors (Lipinski definition) is 4. The summed E-state index contributed by atoms with van der Waals surface area (Å²) in [5.74, 6) is 0. The molecule has 4 nitrogen and oxygen atoms in total. The Bertz CT molecular complexity index is 368. The molecule has 1 aromatic rings. The van der Waals surface area contributed by atoms with Gasteiger partial charge in [-0.05, 0) is 24.1 Å². The molecule has 0 spiro atoms. The summed E-state index contributed by atoms with van der Waals surface area (Å²) in [7, 11) is 0. The van der Waals surface area contributed by atoms with Crippen LogP contribution >= 0.6 is 0 Å². The second kappa shape index (κ2) is 4.82. The molecule has 1 aliphatic heterocycles. The Morgan fingerprint density at radius 3 is 3.06 bits per heavy atom. The molecule has 2 rings (SSSR count). The Balaban J connectivity index is 2.39. The van der Waals surface area contributed by atoms with Crippen molar-refractivity contribution in [2.75, 3.05) is 11.9 Å². The van der Waals surface area contributed by atoms with Crippen molar-refractivity contribution in [1.29, 1.82) is 0 Å². The van der Waals surface area contributed by atoms with Crippen LogP contribution in [0, 0.1) is 0 Å². The monoisotopic (exact) mass is 222 g/mol. The first-order valence-corrected chi connectivity index (χ1v) is 5.63. The maximum Gasteiger partial charge on any atom is 0.148 e. The van der Waals surface area contributed by atoms with Gasteiger partial charge in [-0.1, -0.05) is 13.0 Å². The van der Waals surface area contributed by atoms with Crippen molar-refractivity contribution in [3.8, 4) is 0 Å². The van der Waals surface area contributed by atoms with E-state index in [1.807, 2.05) is 12.1 Å². The smallest absolute Gasteiger partial charge is 0.148 e. The zero-order chi connectivity index (χ0) is 11.5. The number of hydrogen-bond donors (Lipinski definition) is 3. The molecule has 0 aromatic heterocycles. The van der Waals surface area contributed by atoms with Crippen molar-refractivity contribution < 1.29 is 9.84 Å². The predicted octanol–water partition coefficient (Wildman–Crippen LogP) is 1.36. The maximum atomic E-state index is 9.61. The zero-order valence-electron chi connectivity index (χ0n) is 9.44. The lowest BCUT2D eigenvalue weighted by atomic mass is 10.0. The fourth-order valence-electron chi connectivity index (χ4n) is 1.99. The first kappa shape index (κ1) is 11.4. The lowest BCUT2D eigenvalue weighted by Gasteiger charge is -2.16. The summed E-state index contributed by atoms with van der Waals surface area (Å²) in [6.45, 7) is 2.90. The predicted molar refractivity (Wildman–Crippen MR) is 62.9 cm³/mol. The van der Waals surface area contributed by atoms with Crippen LogP contribution in [0.4, 0.5) is 5.69 Å². The quantitative estimate of drug-likeness (QED) is 0.706. The van der Waals surface area contributed by atoms with E-state index >= 15 is 0 Å². The summed E-state index contributed by atoms with van der Waals surface area (Å²) in [4.78, 5) is 0. The lowest BCUT2D eigenvalue weighted by molar-refractivity contribution is 0.00358. The van der Waals surface area contributed by atoms with E-state index in [4.69, 9.17) is 10.5 Å². The average Bonchev–Trinajstić information content (AvgIpc) is 2.46. The van der Waals surface area contributed by atoms with E-state index in [1.54, 1.807) is 0 Å². The summed E-state index contributed by atoms with van der Waals surface area (Å²) in [6.07, 6.45) is 0.278. The molecule has 1 heterocycles. The third kappa shape index (κ3) is 2.19. The molecule has 4 heteroatoms. The van der Waals surface area contributed by atoms with Crippen molar-refractivity contribution >= 4 is 5.69 Å². The number of anilines is 1. The molecule has 0 saturated heterocycles. The standard InChI is InChI=1S/C12H18N2O2/c1-2-11-9-5-8(6-13)3-4-10(9)14-12(15)7-16-11/h3-5,11-12,14-15H,2,6-7,13H2,1H3. The van der Waals surface area contributed by atoms with Crippen LogP contribution in [0.3, 0.4) is 0 Å². The van der Waals surface area contributed by atoms with Crippen LogP contribution < -0.4 is 11.1 Å². The Hall–Kier alpha value is -1.10. The Labute approximate surface area is 95.4 Å². The molecule has 88 valence electrons. The number of nitrogens with one attached hydrogen (secondary N) is 1. The van der Waals surface area contributed by atoms with Gasteiger partial charge in [0.25, 0.3) is 0 Å². The Morgan fingerprint density at radius 1 is 1.56 bits per heavy atom. The molecule has 1 aliphatic rings. The van der Waals surface area contributed by atoms with Gasteiger partial charge < -0.3 is 20.9 Å². The van der Waals surface area contributed by atoms with Crippen molar-refractivity contribution in [1.82, 2.24) is 0 Å². The molecular weight excluding hydrogens is 204 g/mol. The van der Waals surface area contributed by atoms with Crippen LogP contribution in [-0.4, -0.2) is 17.9 Å². The number of benzene rings is 1. The highest BCUT2D eigenvalue weighted by molar-refractivity contribution is 5.54. The number of fused-ring (bicyclic) bond motifs is 1. The van der Waals surface area contributed by atoms with Gasteiger partial charge in [0, 0.05) is 17.8 Å². The third-order valence-corrected chi connectivity index (χ3v) is 2.85. The highest BCUT2D eigenvalue weighted by atomic mass is 16.5. The van der Waals surface area contributed by atoms with E-state index in [-0.39, 0.29) is 6.10 Å². The highest BCUT2D eigenvalue weighted by Gasteiger charge is 2.21. The number of rotatable bonds is 2.